The van der Waals surface area contributed by atoms with E-state index in [0.29, 0.717) is 24.0 Å². The van der Waals surface area contributed by atoms with Crippen LogP contribution in [-0.4, -0.2) is 35.7 Å². The molecule has 0 atom stereocenters. The summed E-state index contributed by atoms with van der Waals surface area (Å²) in [4.78, 5) is 11.4. The predicted molar refractivity (Wildman–Crippen MR) is 125 cm³/mol. The van der Waals surface area contributed by atoms with E-state index in [9.17, 15) is 4.39 Å². The van der Waals surface area contributed by atoms with E-state index >= 15 is 0 Å². The van der Waals surface area contributed by atoms with E-state index in [0.717, 1.165) is 48.6 Å². The maximum atomic E-state index is 15.0. The largest absolute Gasteiger partial charge is 0.486 e. The van der Waals surface area contributed by atoms with Crippen molar-refractivity contribution in [2.45, 2.75) is 39.8 Å². The molecule has 1 aromatic heterocycles. The Kier molecular flexibility index (Phi) is 5.43. The number of ether oxygens (including phenoxy) is 1. The van der Waals surface area contributed by atoms with Gasteiger partial charge >= 0.3 is 0 Å². The van der Waals surface area contributed by atoms with E-state index in [-0.39, 0.29) is 11.9 Å². The second-order valence-electron chi connectivity index (χ2n) is 8.70. The smallest absolute Gasteiger partial charge is 0.227 e. The number of nitrogens with one attached hydrogen (secondary N) is 2. The minimum atomic E-state index is -0.362. The maximum absolute atomic E-state index is 15.0. The Balaban J connectivity index is 1.49. The minimum absolute atomic E-state index is 0.246. The third kappa shape index (κ3) is 3.88. The number of benzene rings is 2. The highest BCUT2D eigenvalue weighted by Crippen LogP contribution is 2.39. The number of anilines is 3. The van der Waals surface area contributed by atoms with Gasteiger partial charge in [0.15, 0.2) is 11.6 Å². The van der Waals surface area contributed by atoms with Crippen LogP contribution in [0.15, 0.2) is 36.5 Å². The summed E-state index contributed by atoms with van der Waals surface area (Å²) in [6, 6.07) is 10.1. The molecule has 0 spiro atoms. The summed E-state index contributed by atoms with van der Waals surface area (Å²) in [5, 5.41) is 6.71. The molecule has 3 aromatic rings. The van der Waals surface area contributed by atoms with Crippen molar-refractivity contribution in [2.24, 2.45) is 0 Å². The monoisotopic (exact) mass is 433 g/mol. The normalized spacial score (nSPS) is 15.2. The van der Waals surface area contributed by atoms with Gasteiger partial charge in [0, 0.05) is 30.0 Å². The van der Waals surface area contributed by atoms with Crippen molar-refractivity contribution in [1.29, 1.82) is 0 Å². The van der Waals surface area contributed by atoms with Crippen molar-refractivity contribution in [3.8, 4) is 17.0 Å². The van der Waals surface area contributed by atoms with Crippen molar-refractivity contribution in [3.63, 3.8) is 0 Å². The first-order valence-corrected chi connectivity index (χ1v) is 11.2. The highest BCUT2D eigenvalue weighted by molar-refractivity contribution is 5.74. The summed E-state index contributed by atoms with van der Waals surface area (Å²) in [5.41, 5.74) is 6.71. The SMILES string of the molecule is Cc1cnc(Nc2ccc3c(c2)CCNC3)nc1-c1cc(F)c2c(c1)N(C(C)C)CCO2. The zero-order valence-electron chi connectivity index (χ0n) is 18.7. The van der Waals surface area contributed by atoms with Gasteiger partial charge in [-0.2, -0.15) is 0 Å². The fourth-order valence-corrected chi connectivity index (χ4v) is 4.45. The molecule has 2 aromatic carbocycles. The minimum Gasteiger partial charge on any atom is -0.486 e. The van der Waals surface area contributed by atoms with Crippen LogP contribution < -0.4 is 20.3 Å². The molecule has 2 aliphatic heterocycles. The average molecular weight is 434 g/mol. The summed E-state index contributed by atoms with van der Waals surface area (Å²) < 4.78 is 20.6. The molecule has 0 aliphatic carbocycles. The molecule has 6 nitrogen and oxygen atoms in total. The molecular weight excluding hydrogens is 405 g/mol. The fourth-order valence-electron chi connectivity index (χ4n) is 4.45. The summed E-state index contributed by atoms with van der Waals surface area (Å²) in [5.74, 6) is 0.454. The number of nitrogens with zero attached hydrogens (tertiary/aromatic N) is 3. The van der Waals surface area contributed by atoms with Crippen molar-refractivity contribution in [1.82, 2.24) is 15.3 Å². The van der Waals surface area contributed by atoms with Gasteiger partial charge in [0.2, 0.25) is 5.95 Å². The van der Waals surface area contributed by atoms with Gasteiger partial charge in [-0.15, -0.1) is 0 Å². The lowest BCUT2D eigenvalue weighted by Gasteiger charge is -2.34. The first-order valence-electron chi connectivity index (χ1n) is 11.2. The Labute approximate surface area is 187 Å². The zero-order chi connectivity index (χ0) is 22.2. The molecule has 2 N–H and O–H groups in total. The van der Waals surface area contributed by atoms with Crippen molar-refractivity contribution in [3.05, 3.63) is 59.0 Å². The van der Waals surface area contributed by atoms with Crippen LogP contribution in [0.25, 0.3) is 11.3 Å². The highest BCUT2D eigenvalue weighted by Gasteiger charge is 2.25. The van der Waals surface area contributed by atoms with Crippen LogP contribution in [0.1, 0.15) is 30.5 Å². The molecule has 0 bridgehead atoms. The Bertz CT molecular complexity index is 1160. The lowest BCUT2D eigenvalue weighted by atomic mass is 10.0. The number of fused-ring (bicyclic) bond motifs is 2. The van der Waals surface area contributed by atoms with Gasteiger partial charge in [0.1, 0.15) is 6.61 Å². The van der Waals surface area contributed by atoms with Crippen molar-refractivity contribution in [2.75, 3.05) is 29.9 Å². The fraction of sp³-hybridized carbons (Fsp3) is 0.360. The van der Waals surface area contributed by atoms with Gasteiger partial charge in [-0.25, -0.2) is 14.4 Å². The molecule has 5 rings (SSSR count). The molecule has 0 unspecified atom stereocenters. The molecule has 2 aliphatic rings. The standard InChI is InChI=1S/C25H28FN5O/c1-15(2)31-8-9-32-24-21(26)11-19(12-22(24)31)23-16(3)13-28-25(30-23)29-20-5-4-18-14-27-7-6-17(18)10-20/h4-5,10-13,15,27H,6-9,14H2,1-3H3,(H,28,29,30). The van der Waals surface area contributed by atoms with Crippen LogP contribution in [0.2, 0.25) is 0 Å². The quantitative estimate of drug-likeness (QED) is 0.628. The molecule has 32 heavy (non-hydrogen) atoms. The van der Waals surface area contributed by atoms with Crippen LogP contribution in [0, 0.1) is 12.7 Å². The lowest BCUT2D eigenvalue weighted by molar-refractivity contribution is 0.287. The number of aromatic nitrogens is 2. The van der Waals surface area contributed by atoms with E-state index < -0.39 is 0 Å². The number of hydrogen-bond donors (Lipinski definition) is 2. The van der Waals surface area contributed by atoms with Gasteiger partial charge in [-0.3, -0.25) is 0 Å². The Hall–Kier alpha value is -3.19. The Morgan fingerprint density at radius 2 is 2.06 bits per heavy atom. The molecule has 0 radical (unpaired) electrons. The molecule has 7 heteroatoms. The van der Waals surface area contributed by atoms with E-state index in [1.165, 1.54) is 17.2 Å². The molecule has 0 amide bonds. The summed E-state index contributed by atoms with van der Waals surface area (Å²) in [6.45, 7) is 9.26. The maximum Gasteiger partial charge on any atom is 0.227 e. The zero-order valence-corrected chi connectivity index (χ0v) is 18.7. The summed E-state index contributed by atoms with van der Waals surface area (Å²) >= 11 is 0. The van der Waals surface area contributed by atoms with Crippen LogP contribution >= 0.6 is 0 Å². The highest BCUT2D eigenvalue weighted by atomic mass is 19.1. The first-order chi connectivity index (χ1) is 15.5. The van der Waals surface area contributed by atoms with Gasteiger partial charge in [-0.1, -0.05) is 6.07 Å². The predicted octanol–water partition coefficient (Wildman–Crippen LogP) is 4.59. The number of aryl methyl sites for hydroxylation is 1. The average Bonchev–Trinajstić information content (AvgIpc) is 2.79. The van der Waals surface area contributed by atoms with Crippen molar-refractivity contribution >= 4 is 17.3 Å². The Morgan fingerprint density at radius 1 is 1.19 bits per heavy atom. The summed E-state index contributed by atoms with van der Waals surface area (Å²) in [6.07, 6.45) is 2.79. The van der Waals surface area contributed by atoms with Gasteiger partial charge < -0.3 is 20.3 Å². The third-order valence-corrected chi connectivity index (χ3v) is 6.13. The van der Waals surface area contributed by atoms with Crippen LogP contribution in [0.5, 0.6) is 5.75 Å². The van der Waals surface area contributed by atoms with E-state index in [1.807, 2.05) is 19.1 Å². The third-order valence-electron chi connectivity index (χ3n) is 6.13. The van der Waals surface area contributed by atoms with Crippen molar-refractivity contribution < 1.29 is 9.13 Å². The van der Waals surface area contributed by atoms with Crippen LogP contribution in [0.3, 0.4) is 0 Å². The number of rotatable bonds is 4. The number of hydrogen-bond acceptors (Lipinski definition) is 6. The second kappa shape index (κ2) is 8.39. The van der Waals surface area contributed by atoms with E-state index in [1.54, 1.807) is 6.20 Å². The van der Waals surface area contributed by atoms with E-state index in [4.69, 9.17) is 9.72 Å². The molecule has 166 valence electrons. The lowest BCUT2D eigenvalue weighted by Crippen LogP contribution is -2.38. The topological polar surface area (TPSA) is 62.3 Å². The number of halogens is 1. The van der Waals surface area contributed by atoms with Crippen LogP contribution in [0.4, 0.5) is 21.7 Å². The summed E-state index contributed by atoms with van der Waals surface area (Å²) in [7, 11) is 0. The molecule has 0 saturated carbocycles. The van der Waals surface area contributed by atoms with Crippen LogP contribution in [-0.2, 0) is 13.0 Å². The Morgan fingerprint density at radius 3 is 2.91 bits per heavy atom. The van der Waals surface area contributed by atoms with Gasteiger partial charge in [0.05, 0.1) is 17.9 Å². The molecular formula is C25H28FN5O. The first kappa shape index (κ1) is 20.7. The van der Waals surface area contributed by atoms with Gasteiger partial charge in [-0.05, 0) is 74.7 Å². The van der Waals surface area contributed by atoms with Gasteiger partial charge in [0.25, 0.3) is 0 Å². The molecule has 3 heterocycles. The second-order valence-corrected chi connectivity index (χ2v) is 8.70. The van der Waals surface area contributed by atoms with E-state index in [2.05, 4.69) is 46.5 Å². The molecule has 0 fully saturated rings. The molecule has 0 saturated heterocycles.